The van der Waals surface area contributed by atoms with Gasteiger partial charge in [-0.3, -0.25) is 9.89 Å². The number of hydrogen-bond donors (Lipinski definition) is 3. The van der Waals surface area contributed by atoms with Gasteiger partial charge in [-0.05, 0) is 6.42 Å². The lowest BCUT2D eigenvalue weighted by Gasteiger charge is -2.22. The van der Waals surface area contributed by atoms with Crippen LogP contribution < -0.4 is 16.4 Å². The van der Waals surface area contributed by atoms with E-state index in [9.17, 15) is 4.79 Å². The average Bonchev–Trinajstić information content (AvgIpc) is 2.80. The summed E-state index contributed by atoms with van der Waals surface area (Å²) in [6.07, 6.45) is 3.55. The molecule has 0 atom stereocenters. The smallest absolute Gasteiger partial charge is 0.236 e. The summed E-state index contributed by atoms with van der Waals surface area (Å²) in [5, 5.41) is 7.39. The van der Waals surface area contributed by atoms with Crippen molar-refractivity contribution in [3.8, 4) is 0 Å². The summed E-state index contributed by atoms with van der Waals surface area (Å²) >= 11 is 0. The molecule has 5 N–H and O–H groups in total. The molecule has 1 amide bonds. The van der Waals surface area contributed by atoms with E-state index in [-0.39, 0.29) is 12.5 Å². The van der Waals surface area contributed by atoms with Gasteiger partial charge in [-0.25, -0.2) is 0 Å². The van der Waals surface area contributed by atoms with E-state index in [0.29, 0.717) is 18.0 Å². The van der Waals surface area contributed by atoms with Crippen molar-refractivity contribution < 1.29 is 4.79 Å². The van der Waals surface area contributed by atoms with Crippen LogP contribution in [0.1, 0.15) is 19.8 Å². The maximum absolute atomic E-state index is 11.2. The van der Waals surface area contributed by atoms with E-state index in [4.69, 9.17) is 11.5 Å². The van der Waals surface area contributed by atoms with E-state index in [1.807, 2.05) is 4.90 Å². The first-order valence-corrected chi connectivity index (χ1v) is 6.11. The Labute approximate surface area is 110 Å². The third kappa shape index (κ3) is 2.90. The number of carbonyl (C=O) groups is 1. The summed E-state index contributed by atoms with van der Waals surface area (Å²) in [6.45, 7) is 2.84. The molecule has 8 nitrogen and oxygen atoms in total. The minimum absolute atomic E-state index is 0.0940. The van der Waals surface area contributed by atoms with Crippen molar-refractivity contribution in [3.63, 3.8) is 0 Å². The number of unbranched alkanes of at least 4 members (excludes halogenated alkanes) is 1. The van der Waals surface area contributed by atoms with Crippen LogP contribution in [0.3, 0.4) is 0 Å². The van der Waals surface area contributed by atoms with Crippen molar-refractivity contribution >= 4 is 28.7 Å². The van der Waals surface area contributed by atoms with Crippen molar-refractivity contribution in [2.75, 3.05) is 23.7 Å². The summed E-state index contributed by atoms with van der Waals surface area (Å²) in [6, 6.07) is 0. The van der Waals surface area contributed by atoms with Gasteiger partial charge in [-0.1, -0.05) is 13.3 Å². The Morgan fingerprint density at radius 1 is 1.47 bits per heavy atom. The van der Waals surface area contributed by atoms with Gasteiger partial charge in [-0.2, -0.15) is 15.1 Å². The molecule has 2 aromatic rings. The fourth-order valence-corrected chi connectivity index (χ4v) is 1.87. The standard InChI is InChI=1S/C11H17N7O/c1-2-3-4-18(6-8(12)19)10-7-5-14-17-9(7)15-11(13)16-10/h5H,2-4,6H2,1H3,(H2,12,19)(H3,13,14,15,16,17). The van der Waals surface area contributed by atoms with Gasteiger partial charge in [0.1, 0.15) is 5.82 Å². The number of hydrogen-bond acceptors (Lipinski definition) is 6. The molecule has 0 aliphatic rings. The van der Waals surface area contributed by atoms with Crippen LogP contribution in [0, 0.1) is 0 Å². The SMILES string of the molecule is CCCCN(CC(N)=O)c1nc(N)nc2[nH]ncc12. The Bertz CT molecular complexity index is 579. The van der Waals surface area contributed by atoms with Gasteiger partial charge in [0.25, 0.3) is 0 Å². The largest absolute Gasteiger partial charge is 0.368 e. The number of amides is 1. The number of aromatic nitrogens is 4. The van der Waals surface area contributed by atoms with Crippen LogP contribution in [0.25, 0.3) is 11.0 Å². The molecule has 19 heavy (non-hydrogen) atoms. The summed E-state index contributed by atoms with van der Waals surface area (Å²) in [7, 11) is 0. The summed E-state index contributed by atoms with van der Waals surface area (Å²) in [4.78, 5) is 21.2. The number of nitrogen functional groups attached to an aromatic ring is 1. The van der Waals surface area contributed by atoms with Crippen molar-refractivity contribution in [1.29, 1.82) is 0 Å². The zero-order valence-electron chi connectivity index (χ0n) is 10.8. The fraction of sp³-hybridized carbons (Fsp3) is 0.455. The highest BCUT2D eigenvalue weighted by molar-refractivity contribution is 5.89. The topological polar surface area (TPSA) is 127 Å². The molecule has 0 spiro atoms. The Morgan fingerprint density at radius 3 is 2.95 bits per heavy atom. The lowest BCUT2D eigenvalue weighted by molar-refractivity contribution is -0.116. The van der Waals surface area contributed by atoms with Gasteiger partial charge in [0, 0.05) is 6.54 Å². The second-order valence-electron chi connectivity index (χ2n) is 4.28. The minimum atomic E-state index is -0.412. The van der Waals surface area contributed by atoms with E-state index < -0.39 is 5.91 Å². The van der Waals surface area contributed by atoms with E-state index in [1.54, 1.807) is 6.20 Å². The lowest BCUT2D eigenvalue weighted by Crippen LogP contribution is -2.35. The number of nitrogens with one attached hydrogen (secondary N) is 1. The first-order chi connectivity index (χ1) is 9.11. The normalized spacial score (nSPS) is 10.8. The van der Waals surface area contributed by atoms with Crippen molar-refractivity contribution in [3.05, 3.63) is 6.20 Å². The summed E-state index contributed by atoms with van der Waals surface area (Å²) in [5.41, 5.74) is 11.5. The maximum Gasteiger partial charge on any atom is 0.236 e. The number of rotatable bonds is 6. The predicted molar refractivity (Wildman–Crippen MR) is 72.4 cm³/mol. The second-order valence-corrected chi connectivity index (χ2v) is 4.28. The Hall–Kier alpha value is -2.38. The number of aromatic amines is 1. The molecular formula is C11H17N7O. The molecule has 8 heteroatoms. The highest BCUT2D eigenvalue weighted by Crippen LogP contribution is 2.23. The van der Waals surface area contributed by atoms with Crippen LogP contribution in [0.4, 0.5) is 11.8 Å². The Balaban J connectivity index is 2.41. The zero-order chi connectivity index (χ0) is 13.8. The van der Waals surface area contributed by atoms with Crippen molar-refractivity contribution in [2.24, 2.45) is 5.73 Å². The van der Waals surface area contributed by atoms with E-state index >= 15 is 0 Å². The molecular weight excluding hydrogens is 246 g/mol. The molecule has 0 aliphatic carbocycles. The van der Waals surface area contributed by atoms with Crippen LogP contribution >= 0.6 is 0 Å². The molecule has 2 aromatic heterocycles. The van der Waals surface area contributed by atoms with E-state index in [1.165, 1.54) is 0 Å². The van der Waals surface area contributed by atoms with Gasteiger partial charge in [0.2, 0.25) is 11.9 Å². The quantitative estimate of drug-likeness (QED) is 0.674. The minimum Gasteiger partial charge on any atom is -0.368 e. The molecule has 0 saturated heterocycles. The van der Waals surface area contributed by atoms with Crippen LogP contribution in [0.5, 0.6) is 0 Å². The molecule has 0 bridgehead atoms. The van der Waals surface area contributed by atoms with Crippen molar-refractivity contribution in [2.45, 2.75) is 19.8 Å². The molecule has 0 aromatic carbocycles. The number of carbonyl (C=O) groups excluding carboxylic acids is 1. The third-order valence-electron chi connectivity index (χ3n) is 2.73. The number of H-pyrrole nitrogens is 1. The van der Waals surface area contributed by atoms with Gasteiger partial charge >= 0.3 is 0 Å². The van der Waals surface area contributed by atoms with Crippen LogP contribution in [0.15, 0.2) is 6.20 Å². The summed E-state index contributed by atoms with van der Waals surface area (Å²) < 4.78 is 0. The molecule has 0 fully saturated rings. The third-order valence-corrected chi connectivity index (χ3v) is 2.73. The van der Waals surface area contributed by atoms with E-state index in [0.717, 1.165) is 18.2 Å². The lowest BCUT2D eigenvalue weighted by atomic mass is 10.3. The number of fused-ring (bicyclic) bond motifs is 1. The molecule has 0 unspecified atom stereocenters. The second kappa shape index (κ2) is 5.51. The van der Waals surface area contributed by atoms with Gasteiger partial charge in [0.05, 0.1) is 18.1 Å². The number of primary amides is 1. The molecule has 2 heterocycles. The fourth-order valence-electron chi connectivity index (χ4n) is 1.87. The van der Waals surface area contributed by atoms with Crippen molar-refractivity contribution in [1.82, 2.24) is 20.2 Å². The van der Waals surface area contributed by atoms with Gasteiger partial charge in [-0.15, -0.1) is 0 Å². The molecule has 0 aliphatic heterocycles. The molecule has 0 radical (unpaired) electrons. The number of nitrogens with two attached hydrogens (primary N) is 2. The summed E-state index contributed by atoms with van der Waals surface area (Å²) in [5.74, 6) is 0.311. The van der Waals surface area contributed by atoms with Crippen LogP contribution in [-0.2, 0) is 4.79 Å². The predicted octanol–water partition coefficient (Wildman–Crippen LogP) is 0.0269. The first-order valence-electron chi connectivity index (χ1n) is 6.11. The average molecular weight is 263 g/mol. The highest BCUT2D eigenvalue weighted by Gasteiger charge is 2.16. The maximum atomic E-state index is 11.2. The number of anilines is 2. The van der Waals surface area contributed by atoms with Gasteiger partial charge in [0.15, 0.2) is 5.65 Å². The highest BCUT2D eigenvalue weighted by atomic mass is 16.1. The monoisotopic (exact) mass is 263 g/mol. The first kappa shape index (κ1) is 13.1. The Kier molecular flexibility index (Phi) is 3.79. The van der Waals surface area contributed by atoms with Crippen LogP contribution in [0.2, 0.25) is 0 Å². The molecule has 2 rings (SSSR count). The molecule has 0 saturated carbocycles. The Morgan fingerprint density at radius 2 is 2.26 bits per heavy atom. The van der Waals surface area contributed by atoms with Gasteiger partial charge < -0.3 is 16.4 Å². The number of nitrogens with zero attached hydrogens (tertiary/aromatic N) is 4. The zero-order valence-corrected chi connectivity index (χ0v) is 10.8. The molecule has 102 valence electrons. The van der Waals surface area contributed by atoms with Crippen LogP contribution in [-0.4, -0.2) is 39.2 Å². The van der Waals surface area contributed by atoms with E-state index in [2.05, 4.69) is 27.1 Å².